The van der Waals surface area contributed by atoms with Gasteiger partial charge in [-0.05, 0) is 36.6 Å². The number of amides is 2. The maximum atomic E-state index is 13.8. The quantitative estimate of drug-likeness (QED) is 0.626. The third-order valence-corrected chi connectivity index (χ3v) is 5.09. The number of hydrogen-bond acceptors (Lipinski definition) is 4. The lowest BCUT2D eigenvalue weighted by Crippen LogP contribution is -2.46. The largest absolute Gasteiger partial charge is 0.357 e. The van der Waals surface area contributed by atoms with E-state index >= 15 is 0 Å². The zero-order chi connectivity index (χ0) is 21.9. The van der Waals surface area contributed by atoms with Crippen molar-refractivity contribution < 1.29 is 14.0 Å². The van der Waals surface area contributed by atoms with Gasteiger partial charge in [0.15, 0.2) is 5.82 Å². The van der Waals surface area contributed by atoms with Crippen LogP contribution in [-0.2, 0) is 4.79 Å². The van der Waals surface area contributed by atoms with Crippen LogP contribution in [-0.4, -0.2) is 29.9 Å². The lowest BCUT2D eigenvalue weighted by Gasteiger charge is -2.21. The third kappa shape index (κ3) is 6.54. The second-order valence-electron chi connectivity index (χ2n) is 7.09. The minimum absolute atomic E-state index is 0.187. The SMILES string of the molecule is CC.CNC(=O)C(CC1CCCC1)NC(=O)c1cccc(Nc2ccncc2F)c1. The summed E-state index contributed by atoms with van der Waals surface area (Å²) in [4.78, 5) is 28.7. The van der Waals surface area contributed by atoms with Crippen molar-refractivity contribution in [3.8, 4) is 0 Å². The highest BCUT2D eigenvalue weighted by Crippen LogP contribution is 2.28. The fraction of sp³-hybridized carbons (Fsp3) is 0.435. The van der Waals surface area contributed by atoms with Crippen molar-refractivity contribution in [1.29, 1.82) is 0 Å². The summed E-state index contributed by atoms with van der Waals surface area (Å²) in [5.74, 6) is -0.530. The molecule has 0 spiro atoms. The van der Waals surface area contributed by atoms with Gasteiger partial charge in [-0.3, -0.25) is 14.6 Å². The zero-order valence-electron chi connectivity index (χ0n) is 17.9. The van der Waals surface area contributed by atoms with Crippen LogP contribution in [0, 0.1) is 11.7 Å². The molecule has 1 heterocycles. The van der Waals surface area contributed by atoms with Gasteiger partial charge in [-0.25, -0.2) is 4.39 Å². The summed E-state index contributed by atoms with van der Waals surface area (Å²) in [6.45, 7) is 4.00. The average molecular weight is 415 g/mol. The van der Waals surface area contributed by atoms with Crippen molar-refractivity contribution >= 4 is 23.2 Å². The number of carbonyl (C=O) groups is 2. The number of carbonyl (C=O) groups excluding carboxylic acids is 2. The number of halogens is 1. The Kier molecular flexibility index (Phi) is 9.25. The first kappa shape index (κ1) is 23.3. The molecule has 1 aliphatic carbocycles. The first-order chi connectivity index (χ1) is 14.6. The van der Waals surface area contributed by atoms with Gasteiger partial charge < -0.3 is 16.0 Å². The number of rotatable bonds is 7. The second kappa shape index (κ2) is 11.9. The maximum Gasteiger partial charge on any atom is 0.252 e. The Morgan fingerprint density at radius 2 is 1.93 bits per heavy atom. The monoisotopic (exact) mass is 414 g/mol. The van der Waals surface area contributed by atoms with Gasteiger partial charge in [0, 0.05) is 24.5 Å². The van der Waals surface area contributed by atoms with E-state index < -0.39 is 11.9 Å². The zero-order valence-corrected chi connectivity index (χ0v) is 17.9. The average Bonchev–Trinajstić information content (AvgIpc) is 3.29. The van der Waals surface area contributed by atoms with Crippen LogP contribution in [0.15, 0.2) is 42.7 Å². The summed E-state index contributed by atoms with van der Waals surface area (Å²) in [5, 5.41) is 8.42. The van der Waals surface area contributed by atoms with Gasteiger partial charge in [-0.15, -0.1) is 0 Å². The topological polar surface area (TPSA) is 83.1 Å². The highest BCUT2D eigenvalue weighted by Gasteiger charge is 2.26. The van der Waals surface area contributed by atoms with Gasteiger partial charge in [0.05, 0.1) is 11.9 Å². The molecular formula is C23H31FN4O2. The molecule has 0 saturated heterocycles. The Balaban J connectivity index is 0.00000155. The predicted octanol–water partition coefficient (Wildman–Crippen LogP) is 4.42. The molecule has 3 N–H and O–H groups in total. The van der Waals surface area contributed by atoms with Crippen molar-refractivity contribution in [2.45, 2.75) is 52.0 Å². The molecule has 3 rings (SSSR count). The molecule has 162 valence electrons. The minimum Gasteiger partial charge on any atom is -0.357 e. The van der Waals surface area contributed by atoms with Crippen molar-refractivity contribution in [2.75, 3.05) is 12.4 Å². The van der Waals surface area contributed by atoms with E-state index in [0.29, 0.717) is 23.6 Å². The van der Waals surface area contributed by atoms with Crippen molar-refractivity contribution in [1.82, 2.24) is 15.6 Å². The van der Waals surface area contributed by atoms with Crippen LogP contribution in [0.4, 0.5) is 15.8 Å². The van der Waals surface area contributed by atoms with Crippen molar-refractivity contribution in [3.05, 3.63) is 54.1 Å². The molecule has 30 heavy (non-hydrogen) atoms. The fourth-order valence-electron chi connectivity index (χ4n) is 3.60. The number of pyridine rings is 1. The van der Waals surface area contributed by atoms with Gasteiger partial charge in [0.2, 0.25) is 5.91 Å². The van der Waals surface area contributed by atoms with Crippen LogP contribution in [0.5, 0.6) is 0 Å². The summed E-state index contributed by atoms with van der Waals surface area (Å²) < 4.78 is 13.8. The van der Waals surface area contributed by atoms with E-state index in [0.717, 1.165) is 19.0 Å². The summed E-state index contributed by atoms with van der Waals surface area (Å²) in [7, 11) is 1.57. The molecule has 2 amide bonds. The molecule has 1 aromatic heterocycles. The van der Waals surface area contributed by atoms with Gasteiger partial charge in [0.1, 0.15) is 6.04 Å². The van der Waals surface area contributed by atoms with E-state index in [2.05, 4.69) is 20.9 Å². The Morgan fingerprint density at radius 3 is 2.60 bits per heavy atom. The molecule has 0 aliphatic heterocycles. The second-order valence-corrected chi connectivity index (χ2v) is 7.09. The van der Waals surface area contributed by atoms with Crippen molar-refractivity contribution in [2.24, 2.45) is 5.92 Å². The fourth-order valence-corrected chi connectivity index (χ4v) is 3.60. The molecule has 6 nitrogen and oxygen atoms in total. The Bertz CT molecular complexity index is 837. The predicted molar refractivity (Wildman–Crippen MR) is 117 cm³/mol. The molecule has 1 atom stereocenters. The Labute approximate surface area is 177 Å². The number of nitrogens with one attached hydrogen (secondary N) is 3. The van der Waals surface area contributed by atoms with E-state index in [1.165, 1.54) is 25.1 Å². The summed E-state index contributed by atoms with van der Waals surface area (Å²) in [6.07, 6.45) is 7.80. The summed E-state index contributed by atoms with van der Waals surface area (Å²) >= 11 is 0. The van der Waals surface area contributed by atoms with E-state index in [9.17, 15) is 14.0 Å². The van der Waals surface area contributed by atoms with Crippen LogP contribution in [0.2, 0.25) is 0 Å². The molecule has 0 radical (unpaired) electrons. The van der Waals surface area contributed by atoms with Crippen LogP contribution >= 0.6 is 0 Å². The van der Waals surface area contributed by atoms with Crippen LogP contribution in [0.1, 0.15) is 56.3 Å². The third-order valence-electron chi connectivity index (χ3n) is 5.09. The first-order valence-corrected chi connectivity index (χ1v) is 10.6. The minimum atomic E-state index is -0.560. The molecule has 1 fully saturated rings. The molecule has 1 saturated carbocycles. The van der Waals surface area contributed by atoms with Crippen molar-refractivity contribution in [3.63, 3.8) is 0 Å². The molecule has 1 aliphatic rings. The van der Waals surface area contributed by atoms with E-state index in [4.69, 9.17) is 0 Å². The first-order valence-electron chi connectivity index (χ1n) is 10.6. The van der Waals surface area contributed by atoms with Gasteiger partial charge in [-0.2, -0.15) is 0 Å². The van der Waals surface area contributed by atoms with Crippen LogP contribution < -0.4 is 16.0 Å². The van der Waals surface area contributed by atoms with E-state index in [1.54, 1.807) is 31.3 Å². The lowest BCUT2D eigenvalue weighted by molar-refractivity contribution is -0.122. The highest BCUT2D eigenvalue weighted by molar-refractivity contribution is 5.98. The number of benzene rings is 1. The number of aromatic nitrogens is 1. The summed E-state index contributed by atoms with van der Waals surface area (Å²) in [6, 6.07) is 7.71. The molecule has 0 bridgehead atoms. The molecule has 2 aromatic rings. The normalized spacial score (nSPS) is 14.3. The Hall–Kier alpha value is -2.96. The van der Waals surface area contributed by atoms with Crippen LogP contribution in [0.25, 0.3) is 0 Å². The highest BCUT2D eigenvalue weighted by atomic mass is 19.1. The molecule has 1 unspecified atom stereocenters. The number of anilines is 2. The van der Waals surface area contributed by atoms with E-state index in [1.807, 2.05) is 13.8 Å². The standard InChI is InChI=1S/C21H25FN4O2.C2H6/c1-23-21(28)19(11-14-5-2-3-6-14)26-20(27)15-7-4-8-16(12-15)25-18-9-10-24-13-17(18)22;1-2/h4,7-10,12-14,19H,2-3,5-6,11H2,1H3,(H,23,28)(H,24,25)(H,26,27);1-2H3. The lowest BCUT2D eigenvalue weighted by atomic mass is 9.97. The number of hydrogen-bond donors (Lipinski definition) is 3. The molecule has 7 heteroatoms. The van der Waals surface area contributed by atoms with Gasteiger partial charge in [0.25, 0.3) is 5.91 Å². The maximum absolute atomic E-state index is 13.8. The summed E-state index contributed by atoms with van der Waals surface area (Å²) in [5.41, 5.74) is 1.25. The smallest absolute Gasteiger partial charge is 0.252 e. The van der Waals surface area contributed by atoms with Crippen LogP contribution in [0.3, 0.4) is 0 Å². The van der Waals surface area contributed by atoms with Gasteiger partial charge in [-0.1, -0.05) is 45.6 Å². The number of likely N-dealkylation sites (N-methyl/N-ethyl adjacent to an activating group) is 1. The number of nitrogens with zero attached hydrogens (tertiary/aromatic N) is 1. The van der Waals surface area contributed by atoms with Gasteiger partial charge >= 0.3 is 0 Å². The Morgan fingerprint density at radius 1 is 1.20 bits per heavy atom. The molecular weight excluding hydrogens is 383 g/mol. The van der Waals surface area contributed by atoms with E-state index in [-0.39, 0.29) is 17.5 Å². The molecule has 1 aromatic carbocycles.